The SMILES string of the molecule is CN(C)S(=O)(=O)N(CC(=O)N1CCN(C/C=C/c2ccccc2)CC1)c1ccccc1. The van der Waals surface area contributed by atoms with Gasteiger partial charge in [0.05, 0.1) is 5.69 Å². The van der Waals surface area contributed by atoms with Gasteiger partial charge in [-0.3, -0.25) is 9.69 Å². The van der Waals surface area contributed by atoms with E-state index in [-0.39, 0.29) is 12.5 Å². The summed E-state index contributed by atoms with van der Waals surface area (Å²) < 4.78 is 27.9. The van der Waals surface area contributed by atoms with Crippen LogP contribution in [0.5, 0.6) is 0 Å². The predicted octanol–water partition coefficient (Wildman–Crippen LogP) is 2.16. The zero-order valence-corrected chi connectivity index (χ0v) is 18.9. The van der Waals surface area contributed by atoms with Gasteiger partial charge < -0.3 is 4.90 Å². The lowest BCUT2D eigenvalue weighted by Crippen LogP contribution is -2.52. The standard InChI is InChI=1S/C23H30N4O3S/c1-24(2)31(29,30)27(22-13-7-4-8-14-22)20-23(28)26-18-16-25(17-19-26)15-9-12-21-10-5-3-6-11-21/h3-14H,15-20H2,1-2H3/b12-9+. The summed E-state index contributed by atoms with van der Waals surface area (Å²) in [5, 5.41) is 0. The Morgan fingerprint density at radius 3 is 2.10 bits per heavy atom. The minimum Gasteiger partial charge on any atom is -0.339 e. The first-order chi connectivity index (χ1) is 14.9. The number of carbonyl (C=O) groups is 1. The minimum atomic E-state index is -3.78. The summed E-state index contributed by atoms with van der Waals surface area (Å²) in [4.78, 5) is 17.0. The highest BCUT2D eigenvalue weighted by Crippen LogP contribution is 2.19. The van der Waals surface area contributed by atoms with Gasteiger partial charge in [0.25, 0.3) is 0 Å². The summed E-state index contributed by atoms with van der Waals surface area (Å²) in [6.45, 7) is 3.30. The fraction of sp³-hybridized carbons (Fsp3) is 0.348. The van der Waals surface area contributed by atoms with Crippen molar-refractivity contribution in [3.63, 3.8) is 0 Å². The van der Waals surface area contributed by atoms with E-state index in [1.54, 1.807) is 29.2 Å². The van der Waals surface area contributed by atoms with Gasteiger partial charge in [0.15, 0.2) is 0 Å². The van der Waals surface area contributed by atoms with E-state index in [0.29, 0.717) is 18.8 Å². The van der Waals surface area contributed by atoms with Crippen LogP contribution < -0.4 is 4.31 Å². The molecular formula is C23H30N4O3S. The van der Waals surface area contributed by atoms with Crippen LogP contribution in [-0.2, 0) is 15.0 Å². The van der Waals surface area contributed by atoms with Crippen LogP contribution in [0.1, 0.15) is 5.56 Å². The van der Waals surface area contributed by atoms with Gasteiger partial charge in [-0.15, -0.1) is 0 Å². The maximum atomic E-state index is 12.9. The Morgan fingerprint density at radius 2 is 1.52 bits per heavy atom. The topological polar surface area (TPSA) is 64.2 Å². The van der Waals surface area contributed by atoms with Gasteiger partial charge in [-0.25, -0.2) is 4.31 Å². The number of amides is 1. The molecule has 166 valence electrons. The second-order valence-electron chi connectivity index (χ2n) is 7.63. The Bertz CT molecular complexity index is 970. The second kappa shape index (κ2) is 10.6. The van der Waals surface area contributed by atoms with Crippen LogP contribution in [0.25, 0.3) is 6.08 Å². The molecule has 7 nitrogen and oxygen atoms in total. The smallest absolute Gasteiger partial charge is 0.304 e. The van der Waals surface area contributed by atoms with Crippen LogP contribution in [0.15, 0.2) is 66.7 Å². The number of hydrogen-bond donors (Lipinski definition) is 0. The molecule has 0 radical (unpaired) electrons. The molecular weight excluding hydrogens is 412 g/mol. The van der Waals surface area contributed by atoms with E-state index in [4.69, 9.17) is 0 Å². The monoisotopic (exact) mass is 442 g/mol. The van der Waals surface area contributed by atoms with E-state index in [1.807, 2.05) is 24.3 Å². The molecule has 3 rings (SSSR count). The van der Waals surface area contributed by atoms with Gasteiger partial charge in [0.1, 0.15) is 6.54 Å². The summed E-state index contributed by atoms with van der Waals surface area (Å²) in [5.74, 6) is -0.186. The maximum absolute atomic E-state index is 12.9. The molecule has 0 unspecified atom stereocenters. The van der Waals surface area contributed by atoms with Crippen molar-refractivity contribution in [1.29, 1.82) is 0 Å². The van der Waals surface area contributed by atoms with Crippen molar-refractivity contribution in [2.75, 3.05) is 57.7 Å². The van der Waals surface area contributed by atoms with E-state index in [1.165, 1.54) is 24.0 Å². The molecule has 0 bridgehead atoms. The van der Waals surface area contributed by atoms with Gasteiger partial charge >= 0.3 is 10.2 Å². The van der Waals surface area contributed by atoms with Gasteiger partial charge in [0, 0.05) is 46.8 Å². The third-order valence-corrected chi connectivity index (χ3v) is 7.08. The summed E-state index contributed by atoms with van der Waals surface area (Å²) in [5.41, 5.74) is 1.65. The zero-order valence-electron chi connectivity index (χ0n) is 18.1. The van der Waals surface area contributed by atoms with Gasteiger partial charge in [0.2, 0.25) is 5.91 Å². The van der Waals surface area contributed by atoms with Crippen LogP contribution in [0, 0.1) is 0 Å². The Balaban J connectivity index is 1.57. The van der Waals surface area contributed by atoms with Crippen molar-refractivity contribution in [3.05, 3.63) is 72.3 Å². The number of piperazine rings is 1. The lowest BCUT2D eigenvalue weighted by atomic mass is 10.2. The third-order valence-electron chi connectivity index (χ3n) is 5.26. The molecule has 31 heavy (non-hydrogen) atoms. The van der Waals surface area contributed by atoms with Crippen LogP contribution in [0.2, 0.25) is 0 Å². The lowest BCUT2D eigenvalue weighted by Gasteiger charge is -2.36. The van der Waals surface area contributed by atoms with Crippen LogP contribution in [0.3, 0.4) is 0 Å². The highest BCUT2D eigenvalue weighted by Gasteiger charge is 2.30. The predicted molar refractivity (Wildman–Crippen MR) is 125 cm³/mol. The molecule has 0 atom stereocenters. The van der Waals surface area contributed by atoms with Crippen molar-refractivity contribution in [2.45, 2.75) is 0 Å². The molecule has 0 aliphatic carbocycles. The summed E-state index contributed by atoms with van der Waals surface area (Å²) in [6, 6.07) is 18.9. The molecule has 2 aromatic carbocycles. The number of hydrogen-bond acceptors (Lipinski definition) is 4. The number of carbonyl (C=O) groups excluding carboxylic acids is 1. The molecule has 8 heteroatoms. The number of nitrogens with zero attached hydrogens (tertiary/aromatic N) is 4. The van der Waals surface area contributed by atoms with E-state index >= 15 is 0 Å². The fourth-order valence-electron chi connectivity index (χ4n) is 3.40. The normalized spacial score (nSPS) is 15.5. The Hall–Kier alpha value is -2.68. The van der Waals surface area contributed by atoms with Crippen molar-refractivity contribution in [1.82, 2.24) is 14.1 Å². The number of anilines is 1. The highest BCUT2D eigenvalue weighted by atomic mass is 32.2. The Labute approximate surface area is 185 Å². The number of benzene rings is 2. The Morgan fingerprint density at radius 1 is 0.935 bits per heavy atom. The lowest BCUT2D eigenvalue weighted by molar-refractivity contribution is -0.131. The van der Waals surface area contributed by atoms with Crippen molar-refractivity contribution in [2.24, 2.45) is 0 Å². The molecule has 0 N–H and O–H groups in total. The first kappa shape index (κ1) is 23.0. The number of rotatable bonds is 8. The van der Waals surface area contributed by atoms with Crippen LogP contribution in [-0.4, -0.2) is 81.8 Å². The highest BCUT2D eigenvalue weighted by molar-refractivity contribution is 7.90. The average molecular weight is 443 g/mol. The van der Waals surface area contributed by atoms with Crippen molar-refractivity contribution < 1.29 is 13.2 Å². The Kier molecular flexibility index (Phi) is 7.84. The molecule has 2 aromatic rings. The first-order valence-electron chi connectivity index (χ1n) is 10.3. The van der Waals surface area contributed by atoms with E-state index in [2.05, 4.69) is 29.2 Å². The minimum absolute atomic E-state index is 0.186. The maximum Gasteiger partial charge on any atom is 0.304 e. The number of para-hydroxylation sites is 1. The average Bonchev–Trinajstić information content (AvgIpc) is 2.79. The van der Waals surface area contributed by atoms with Crippen molar-refractivity contribution >= 4 is 27.9 Å². The molecule has 1 aliphatic heterocycles. The molecule has 1 fully saturated rings. The largest absolute Gasteiger partial charge is 0.339 e. The zero-order chi connectivity index (χ0) is 22.3. The van der Waals surface area contributed by atoms with E-state index in [9.17, 15) is 13.2 Å². The molecule has 0 aromatic heterocycles. The van der Waals surface area contributed by atoms with Crippen molar-refractivity contribution in [3.8, 4) is 0 Å². The first-order valence-corrected chi connectivity index (χ1v) is 11.7. The molecule has 1 saturated heterocycles. The molecule has 1 heterocycles. The molecule has 0 saturated carbocycles. The molecule has 0 spiro atoms. The van der Waals surface area contributed by atoms with Gasteiger partial charge in [-0.2, -0.15) is 12.7 Å². The third kappa shape index (κ3) is 6.16. The van der Waals surface area contributed by atoms with Crippen LogP contribution in [0.4, 0.5) is 5.69 Å². The second-order valence-corrected chi connectivity index (χ2v) is 9.69. The van der Waals surface area contributed by atoms with Gasteiger partial charge in [-0.1, -0.05) is 60.7 Å². The van der Waals surface area contributed by atoms with E-state index in [0.717, 1.165) is 23.9 Å². The van der Waals surface area contributed by atoms with E-state index < -0.39 is 10.2 Å². The summed E-state index contributed by atoms with van der Waals surface area (Å²) >= 11 is 0. The summed E-state index contributed by atoms with van der Waals surface area (Å²) in [7, 11) is -0.836. The molecule has 1 aliphatic rings. The fourth-order valence-corrected chi connectivity index (χ4v) is 4.46. The van der Waals surface area contributed by atoms with Crippen LogP contribution >= 0.6 is 0 Å². The van der Waals surface area contributed by atoms with Gasteiger partial charge in [-0.05, 0) is 17.7 Å². The molecule has 1 amide bonds. The quantitative estimate of drug-likeness (QED) is 0.629. The summed E-state index contributed by atoms with van der Waals surface area (Å²) in [6.07, 6.45) is 4.23.